The first-order chi connectivity index (χ1) is 12.4. The highest BCUT2D eigenvalue weighted by Crippen LogP contribution is 2.26. The number of amides is 1. The zero-order valence-corrected chi connectivity index (χ0v) is 15.6. The Kier molecular flexibility index (Phi) is 7.48. The van der Waals surface area contributed by atoms with Crippen LogP contribution in [-0.2, 0) is 14.8 Å². The number of nitrogens with one attached hydrogen (secondary N) is 2. The van der Waals surface area contributed by atoms with Gasteiger partial charge in [0.1, 0.15) is 16.5 Å². The van der Waals surface area contributed by atoms with Crippen LogP contribution in [0.1, 0.15) is 26.2 Å². The molecule has 9 heteroatoms. The van der Waals surface area contributed by atoms with Crippen molar-refractivity contribution >= 4 is 15.9 Å². The third-order valence-electron chi connectivity index (χ3n) is 4.36. The van der Waals surface area contributed by atoms with Crippen LogP contribution in [-0.4, -0.2) is 51.4 Å². The van der Waals surface area contributed by atoms with Gasteiger partial charge in [-0.2, -0.15) is 4.31 Å². The molecule has 1 aliphatic heterocycles. The molecule has 0 aromatic heterocycles. The Hall–Kier alpha value is -1.58. The Balaban J connectivity index is 1.89. The molecule has 2 N–H and O–H groups in total. The van der Waals surface area contributed by atoms with E-state index in [9.17, 15) is 22.0 Å². The van der Waals surface area contributed by atoms with E-state index < -0.39 is 26.6 Å². The molecule has 0 radical (unpaired) electrons. The minimum Gasteiger partial charge on any atom is -0.355 e. The lowest BCUT2D eigenvalue weighted by molar-refractivity contribution is -0.126. The fourth-order valence-electron chi connectivity index (χ4n) is 2.89. The highest BCUT2D eigenvalue weighted by Gasteiger charge is 2.33. The summed E-state index contributed by atoms with van der Waals surface area (Å²) in [6.07, 6.45) is 1.72. The summed E-state index contributed by atoms with van der Waals surface area (Å²) >= 11 is 0. The first-order valence-corrected chi connectivity index (χ1v) is 10.2. The molecule has 1 aromatic carbocycles. The quantitative estimate of drug-likeness (QED) is 0.660. The molecule has 6 nitrogen and oxygen atoms in total. The van der Waals surface area contributed by atoms with Gasteiger partial charge in [0, 0.05) is 32.1 Å². The molecule has 2 rings (SSSR count). The van der Waals surface area contributed by atoms with E-state index in [0.29, 0.717) is 32.0 Å². The summed E-state index contributed by atoms with van der Waals surface area (Å²) in [5.74, 6) is -2.16. The summed E-state index contributed by atoms with van der Waals surface area (Å²) in [5, 5.41) is 6.01. The summed E-state index contributed by atoms with van der Waals surface area (Å²) in [6, 6.07) is 2.36. The lowest BCUT2D eigenvalue weighted by Crippen LogP contribution is -2.44. The van der Waals surface area contributed by atoms with E-state index in [4.69, 9.17) is 0 Å². The van der Waals surface area contributed by atoms with Crippen molar-refractivity contribution in [2.24, 2.45) is 5.92 Å². The van der Waals surface area contributed by atoms with Crippen LogP contribution < -0.4 is 10.6 Å². The Morgan fingerprint density at radius 3 is 2.54 bits per heavy atom. The minimum atomic E-state index is -4.11. The average molecular weight is 389 g/mol. The van der Waals surface area contributed by atoms with Crippen LogP contribution in [0.4, 0.5) is 8.78 Å². The fraction of sp³-hybridized carbons (Fsp3) is 0.588. The standard InChI is InChI=1S/C17H25F2N3O3S/c1-2-7-20-8-9-21-17(23)13-5-10-22(11-6-13)26(24,25)16-12-14(18)3-4-15(16)19/h3-4,12-13,20H,2,5-11H2,1H3,(H,21,23). The minimum absolute atomic E-state index is 0.0997. The van der Waals surface area contributed by atoms with Crippen molar-refractivity contribution in [1.82, 2.24) is 14.9 Å². The van der Waals surface area contributed by atoms with Gasteiger partial charge >= 0.3 is 0 Å². The lowest BCUT2D eigenvalue weighted by Gasteiger charge is -2.30. The number of nitrogens with zero attached hydrogens (tertiary/aromatic N) is 1. The maximum atomic E-state index is 13.8. The number of piperidine rings is 1. The second-order valence-electron chi connectivity index (χ2n) is 6.29. The van der Waals surface area contributed by atoms with E-state index in [1.54, 1.807) is 0 Å². The maximum Gasteiger partial charge on any atom is 0.246 e. The predicted octanol–water partition coefficient (Wildman–Crippen LogP) is 1.48. The molecule has 146 valence electrons. The lowest BCUT2D eigenvalue weighted by atomic mass is 9.97. The molecule has 0 bridgehead atoms. The second kappa shape index (κ2) is 9.38. The van der Waals surface area contributed by atoms with Gasteiger partial charge in [-0.3, -0.25) is 4.79 Å². The summed E-state index contributed by atoms with van der Waals surface area (Å²) in [7, 11) is -4.11. The van der Waals surface area contributed by atoms with Crippen molar-refractivity contribution in [3.05, 3.63) is 29.8 Å². The van der Waals surface area contributed by atoms with Crippen molar-refractivity contribution in [1.29, 1.82) is 0 Å². The zero-order valence-electron chi connectivity index (χ0n) is 14.8. The number of rotatable bonds is 8. The number of carbonyl (C=O) groups is 1. The van der Waals surface area contributed by atoms with E-state index >= 15 is 0 Å². The third kappa shape index (κ3) is 5.21. The summed E-state index contributed by atoms with van der Waals surface area (Å²) in [5.41, 5.74) is 0. The van der Waals surface area contributed by atoms with E-state index in [1.165, 1.54) is 0 Å². The summed E-state index contributed by atoms with van der Waals surface area (Å²) in [6.45, 7) is 4.36. The third-order valence-corrected chi connectivity index (χ3v) is 6.28. The molecule has 1 aromatic rings. The smallest absolute Gasteiger partial charge is 0.246 e. The number of sulfonamides is 1. The molecule has 1 fully saturated rings. The highest BCUT2D eigenvalue weighted by molar-refractivity contribution is 7.89. The number of hydrogen-bond acceptors (Lipinski definition) is 4. The number of benzene rings is 1. The SMILES string of the molecule is CCCNCCNC(=O)C1CCN(S(=O)(=O)c2cc(F)ccc2F)CC1. The number of halogens is 2. The molecule has 26 heavy (non-hydrogen) atoms. The Bertz CT molecular complexity index is 720. The molecule has 0 aliphatic carbocycles. The van der Waals surface area contributed by atoms with Gasteiger partial charge in [-0.05, 0) is 44.0 Å². The van der Waals surface area contributed by atoms with Crippen LogP contribution in [0, 0.1) is 17.6 Å². The molecule has 0 atom stereocenters. The van der Waals surface area contributed by atoms with Crippen LogP contribution in [0.3, 0.4) is 0 Å². The Morgan fingerprint density at radius 2 is 1.88 bits per heavy atom. The molecule has 0 saturated carbocycles. The van der Waals surface area contributed by atoms with Crippen LogP contribution in [0.15, 0.2) is 23.1 Å². The predicted molar refractivity (Wildman–Crippen MR) is 94.0 cm³/mol. The molecule has 0 spiro atoms. The summed E-state index contributed by atoms with van der Waals surface area (Å²) < 4.78 is 53.3. The molecule has 1 amide bonds. The van der Waals surface area contributed by atoms with Gasteiger partial charge in [0.15, 0.2) is 0 Å². The molecule has 1 heterocycles. The van der Waals surface area contributed by atoms with Gasteiger partial charge in [-0.1, -0.05) is 6.92 Å². The molecular formula is C17H25F2N3O3S. The van der Waals surface area contributed by atoms with Crippen LogP contribution in [0.5, 0.6) is 0 Å². The van der Waals surface area contributed by atoms with E-state index in [1.807, 2.05) is 0 Å². The average Bonchev–Trinajstić information content (AvgIpc) is 2.63. The second-order valence-corrected chi connectivity index (χ2v) is 8.20. The van der Waals surface area contributed by atoms with Crippen molar-refractivity contribution < 1.29 is 22.0 Å². The van der Waals surface area contributed by atoms with Gasteiger partial charge in [-0.25, -0.2) is 17.2 Å². The fourth-order valence-corrected chi connectivity index (χ4v) is 4.44. The van der Waals surface area contributed by atoms with Crippen LogP contribution in [0.25, 0.3) is 0 Å². The molecule has 1 saturated heterocycles. The van der Waals surface area contributed by atoms with E-state index in [-0.39, 0.29) is 24.9 Å². The Morgan fingerprint density at radius 1 is 1.19 bits per heavy atom. The van der Waals surface area contributed by atoms with Gasteiger partial charge in [0.25, 0.3) is 0 Å². The first kappa shape index (κ1) is 20.7. The van der Waals surface area contributed by atoms with Crippen molar-refractivity contribution in [3.8, 4) is 0 Å². The Labute approximate surface area is 153 Å². The number of hydrogen-bond donors (Lipinski definition) is 2. The molecular weight excluding hydrogens is 364 g/mol. The first-order valence-electron chi connectivity index (χ1n) is 8.80. The maximum absolute atomic E-state index is 13.8. The number of carbonyl (C=O) groups excluding carboxylic acids is 1. The van der Waals surface area contributed by atoms with E-state index in [0.717, 1.165) is 29.4 Å². The van der Waals surface area contributed by atoms with Gasteiger partial charge < -0.3 is 10.6 Å². The van der Waals surface area contributed by atoms with E-state index in [2.05, 4.69) is 17.6 Å². The monoisotopic (exact) mass is 389 g/mol. The van der Waals surface area contributed by atoms with Crippen LogP contribution in [0.2, 0.25) is 0 Å². The zero-order chi connectivity index (χ0) is 19.2. The summed E-state index contributed by atoms with van der Waals surface area (Å²) in [4.78, 5) is 11.5. The van der Waals surface area contributed by atoms with Gasteiger partial charge in [-0.15, -0.1) is 0 Å². The largest absolute Gasteiger partial charge is 0.355 e. The molecule has 1 aliphatic rings. The molecule has 0 unspecified atom stereocenters. The van der Waals surface area contributed by atoms with Crippen molar-refractivity contribution in [3.63, 3.8) is 0 Å². The normalized spacial score (nSPS) is 16.6. The highest BCUT2D eigenvalue weighted by atomic mass is 32.2. The van der Waals surface area contributed by atoms with Crippen molar-refractivity contribution in [2.75, 3.05) is 32.7 Å². The van der Waals surface area contributed by atoms with Gasteiger partial charge in [0.05, 0.1) is 0 Å². The topological polar surface area (TPSA) is 78.5 Å². The van der Waals surface area contributed by atoms with Crippen LogP contribution >= 0.6 is 0 Å². The van der Waals surface area contributed by atoms with Crippen molar-refractivity contribution in [2.45, 2.75) is 31.1 Å². The van der Waals surface area contributed by atoms with Gasteiger partial charge in [0.2, 0.25) is 15.9 Å².